The van der Waals surface area contributed by atoms with Gasteiger partial charge in [0.05, 0.1) is 24.6 Å². The van der Waals surface area contributed by atoms with E-state index >= 15 is 0 Å². The van der Waals surface area contributed by atoms with E-state index in [4.69, 9.17) is 14.6 Å². The van der Waals surface area contributed by atoms with Gasteiger partial charge >= 0.3 is 0 Å². The van der Waals surface area contributed by atoms with E-state index in [2.05, 4.69) is 0 Å². The van der Waals surface area contributed by atoms with Crippen LogP contribution >= 0.6 is 0 Å². The predicted octanol–water partition coefficient (Wildman–Crippen LogP) is 1.52. The summed E-state index contributed by atoms with van der Waals surface area (Å²) in [5, 5.41) is 4.94. The third-order valence-electron chi connectivity index (χ3n) is 2.41. The normalized spacial score (nSPS) is 14.7. The molecule has 110 valence electrons. The summed E-state index contributed by atoms with van der Waals surface area (Å²) in [6.07, 6.45) is 1.42. The second kappa shape index (κ2) is 8.09. The first-order chi connectivity index (χ1) is 8.10. The van der Waals surface area contributed by atoms with Gasteiger partial charge in [-0.05, 0) is 39.5 Å². The fourth-order valence-electron chi connectivity index (χ4n) is 1.30. The van der Waals surface area contributed by atoms with Crippen molar-refractivity contribution in [2.75, 3.05) is 25.6 Å². The van der Waals surface area contributed by atoms with Crippen LogP contribution in [0.4, 0.5) is 0 Å². The molecule has 0 heterocycles. The predicted molar refractivity (Wildman–Crippen MR) is 72.9 cm³/mol. The minimum atomic E-state index is -3.34. The number of rotatable bonds is 9. The van der Waals surface area contributed by atoms with Crippen LogP contribution in [0, 0.1) is 5.92 Å². The topological polar surface area (TPSA) is 78.6 Å². The molecule has 5 nitrogen and oxygen atoms in total. The molecule has 0 aliphatic carbocycles. The van der Waals surface area contributed by atoms with Crippen LogP contribution in [0.5, 0.6) is 0 Å². The smallest absolute Gasteiger partial charge is 0.209 e. The van der Waals surface area contributed by atoms with Crippen LogP contribution in [0.3, 0.4) is 0 Å². The molecule has 0 radical (unpaired) electrons. The summed E-state index contributed by atoms with van der Waals surface area (Å²) in [4.78, 5) is 0. The summed E-state index contributed by atoms with van der Waals surface area (Å²) in [7, 11) is -3.34. The highest BCUT2D eigenvalue weighted by molar-refractivity contribution is 7.89. The highest BCUT2D eigenvalue weighted by Gasteiger charge is 2.10. The first kappa shape index (κ1) is 17.8. The molecule has 1 atom stereocenters. The molecule has 18 heavy (non-hydrogen) atoms. The molecule has 0 aliphatic heterocycles. The van der Waals surface area contributed by atoms with Crippen LogP contribution in [0.2, 0.25) is 0 Å². The van der Waals surface area contributed by atoms with Crippen LogP contribution in [-0.4, -0.2) is 39.6 Å². The van der Waals surface area contributed by atoms with E-state index in [-0.39, 0.29) is 11.4 Å². The Hall–Kier alpha value is -0.170. The summed E-state index contributed by atoms with van der Waals surface area (Å²) in [6, 6.07) is 0. The van der Waals surface area contributed by atoms with E-state index in [1.54, 1.807) is 0 Å². The summed E-state index contributed by atoms with van der Waals surface area (Å²) < 4.78 is 32.5. The first-order valence-electron chi connectivity index (χ1n) is 6.32. The lowest BCUT2D eigenvalue weighted by Crippen LogP contribution is -2.22. The molecule has 0 rings (SSSR count). The van der Waals surface area contributed by atoms with Crippen molar-refractivity contribution < 1.29 is 17.9 Å². The zero-order valence-electron chi connectivity index (χ0n) is 11.9. The van der Waals surface area contributed by atoms with Crippen molar-refractivity contribution >= 4 is 10.0 Å². The second-order valence-electron chi connectivity index (χ2n) is 5.62. The molecule has 2 N–H and O–H groups in total. The maximum Gasteiger partial charge on any atom is 0.209 e. The first-order valence-corrected chi connectivity index (χ1v) is 8.04. The largest absolute Gasteiger partial charge is 0.379 e. The van der Waals surface area contributed by atoms with E-state index in [0.29, 0.717) is 32.2 Å². The molecular formula is C12H27NO4S. The lowest BCUT2D eigenvalue weighted by atomic mass is 10.1. The number of ether oxygens (including phenoxy) is 2. The Labute approximate surface area is 111 Å². The van der Waals surface area contributed by atoms with Gasteiger partial charge in [-0.2, -0.15) is 0 Å². The quantitative estimate of drug-likeness (QED) is 0.650. The number of hydrogen-bond acceptors (Lipinski definition) is 4. The van der Waals surface area contributed by atoms with Gasteiger partial charge in [-0.15, -0.1) is 0 Å². The fraction of sp³-hybridized carbons (Fsp3) is 1.00. The Bertz CT molecular complexity index is 309. The summed E-state index contributed by atoms with van der Waals surface area (Å²) in [5.41, 5.74) is -0.133. The summed E-state index contributed by atoms with van der Waals surface area (Å²) >= 11 is 0. The number of nitrogens with two attached hydrogens (primary N) is 1. The van der Waals surface area contributed by atoms with Gasteiger partial charge in [-0.1, -0.05) is 6.92 Å². The van der Waals surface area contributed by atoms with Crippen LogP contribution in [-0.2, 0) is 19.5 Å². The average Bonchev–Trinajstić information content (AvgIpc) is 2.17. The van der Waals surface area contributed by atoms with Gasteiger partial charge in [0, 0.05) is 6.61 Å². The Balaban J connectivity index is 3.44. The molecule has 0 bridgehead atoms. The molecule has 0 spiro atoms. The minimum Gasteiger partial charge on any atom is -0.379 e. The maximum atomic E-state index is 10.8. The van der Waals surface area contributed by atoms with E-state index in [9.17, 15) is 8.42 Å². The Kier molecular flexibility index (Phi) is 8.02. The maximum absolute atomic E-state index is 10.8. The molecule has 0 aromatic rings. The van der Waals surface area contributed by atoms with Crippen molar-refractivity contribution in [1.82, 2.24) is 0 Å². The van der Waals surface area contributed by atoms with E-state index < -0.39 is 10.0 Å². The zero-order chi connectivity index (χ0) is 14.2. The molecule has 0 aromatic carbocycles. The molecule has 0 fully saturated rings. The molecule has 1 unspecified atom stereocenters. The zero-order valence-corrected chi connectivity index (χ0v) is 12.8. The van der Waals surface area contributed by atoms with Crippen molar-refractivity contribution in [2.45, 2.75) is 46.1 Å². The monoisotopic (exact) mass is 281 g/mol. The Morgan fingerprint density at radius 2 is 1.72 bits per heavy atom. The SMILES string of the molecule is CC(CCOCCOC(C)(C)C)CCS(N)(=O)=O. The van der Waals surface area contributed by atoms with E-state index in [1.165, 1.54) is 0 Å². The minimum absolute atomic E-state index is 0.0430. The fourth-order valence-corrected chi connectivity index (χ4v) is 2.03. The van der Waals surface area contributed by atoms with Crippen molar-refractivity contribution in [3.05, 3.63) is 0 Å². The highest BCUT2D eigenvalue weighted by atomic mass is 32.2. The third kappa shape index (κ3) is 13.9. The van der Waals surface area contributed by atoms with Crippen molar-refractivity contribution in [1.29, 1.82) is 0 Å². The number of hydrogen-bond donors (Lipinski definition) is 1. The van der Waals surface area contributed by atoms with Crippen LogP contribution in [0.1, 0.15) is 40.5 Å². The Morgan fingerprint density at radius 3 is 2.22 bits per heavy atom. The van der Waals surface area contributed by atoms with Crippen LogP contribution in [0.25, 0.3) is 0 Å². The molecular weight excluding hydrogens is 254 g/mol. The van der Waals surface area contributed by atoms with Gasteiger partial charge in [0.1, 0.15) is 0 Å². The molecule has 0 aliphatic rings. The van der Waals surface area contributed by atoms with Crippen LogP contribution < -0.4 is 5.14 Å². The van der Waals surface area contributed by atoms with Crippen LogP contribution in [0.15, 0.2) is 0 Å². The molecule has 0 aromatic heterocycles. The van der Waals surface area contributed by atoms with Gasteiger partial charge < -0.3 is 9.47 Å². The standard InChI is InChI=1S/C12H27NO4S/c1-11(6-10-18(13,14)15)5-7-16-8-9-17-12(2,3)4/h11H,5-10H2,1-4H3,(H2,13,14,15). The molecule has 6 heteroatoms. The lowest BCUT2D eigenvalue weighted by molar-refractivity contribution is -0.0360. The molecule has 0 amide bonds. The van der Waals surface area contributed by atoms with Crippen molar-refractivity contribution in [2.24, 2.45) is 11.1 Å². The number of primary sulfonamides is 1. The van der Waals surface area contributed by atoms with E-state index in [1.807, 2.05) is 27.7 Å². The molecule has 0 saturated carbocycles. The second-order valence-corrected chi connectivity index (χ2v) is 7.36. The summed E-state index contributed by atoms with van der Waals surface area (Å²) in [6.45, 7) is 9.78. The van der Waals surface area contributed by atoms with Gasteiger partial charge in [0.2, 0.25) is 10.0 Å². The van der Waals surface area contributed by atoms with Crippen molar-refractivity contribution in [3.8, 4) is 0 Å². The average molecular weight is 281 g/mol. The summed E-state index contributed by atoms with van der Waals surface area (Å²) in [5.74, 6) is 0.341. The van der Waals surface area contributed by atoms with Gasteiger partial charge in [0.25, 0.3) is 0 Å². The van der Waals surface area contributed by atoms with Gasteiger partial charge in [-0.25, -0.2) is 13.6 Å². The van der Waals surface area contributed by atoms with Crippen molar-refractivity contribution in [3.63, 3.8) is 0 Å². The third-order valence-corrected chi connectivity index (χ3v) is 3.22. The van der Waals surface area contributed by atoms with Gasteiger partial charge in [0.15, 0.2) is 0 Å². The van der Waals surface area contributed by atoms with Gasteiger partial charge in [-0.3, -0.25) is 0 Å². The number of sulfonamides is 1. The lowest BCUT2D eigenvalue weighted by Gasteiger charge is -2.19. The highest BCUT2D eigenvalue weighted by Crippen LogP contribution is 2.09. The molecule has 0 saturated heterocycles. The Morgan fingerprint density at radius 1 is 1.11 bits per heavy atom. The van der Waals surface area contributed by atoms with E-state index in [0.717, 1.165) is 6.42 Å².